The Morgan fingerprint density at radius 2 is 1.75 bits per heavy atom. The minimum Gasteiger partial charge on any atom is -0.497 e. The number of methoxy groups -OCH3 is 2. The van der Waals surface area contributed by atoms with E-state index in [1.165, 1.54) is 0 Å². The number of nitrogens with one attached hydrogen (secondary N) is 1. The fourth-order valence-corrected chi connectivity index (χ4v) is 3.62. The van der Waals surface area contributed by atoms with Gasteiger partial charge in [0.15, 0.2) is 6.61 Å². The lowest BCUT2D eigenvalue weighted by atomic mass is 10.0. The van der Waals surface area contributed by atoms with E-state index in [4.69, 9.17) is 14.2 Å². The lowest BCUT2D eigenvalue weighted by Gasteiger charge is -2.21. The number of aromatic nitrogens is 2. The number of imidazole rings is 1. The Morgan fingerprint density at radius 1 is 1.03 bits per heavy atom. The first-order valence-electron chi connectivity index (χ1n) is 10.2. The Balaban J connectivity index is 1.58. The lowest BCUT2D eigenvalue weighted by molar-refractivity contribution is -0.123. The van der Waals surface area contributed by atoms with E-state index in [0.717, 1.165) is 16.3 Å². The average molecular weight is 431 g/mol. The van der Waals surface area contributed by atoms with Crippen LogP contribution in [0.1, 0.15) is 17.4 Å². The summed E-state index contributed by atoms with van der Waals surface area (Å²) in [6, 6.07) is 18.7. The number of nitrogens with zero attached hydrogens (tertiary/aromatic N) is 2. The van der Waals surface area contributed by atoms with Gasteiger partial charge in [0.1, 0.15) is 29.1 Å². The smallest absolute Gasteiger partial charge is 0.258 e. The van der Waals surface area contributed by atoms with Crippen molar-refractivity contribution in [2.75, 3.05) is 20.8 Å². The number of hydrogen-bond acceptors (Lipinski definition) is 5. The Labute approximate surface area is 186 Å². The minimum absolute atomic E-state index is 0.129. The van der Waals surface area contributed by atoms with E-state index in [-0.39, 0.29) is 12.5 Å². The highest BCUT2D eigenvalue weighted by atomic mass is 16.5. The normalized spacial score (nSPS) is 11.7. The standard InChI is InChI=1S/C25H25N3O4/c1-28-12-11-26-25(28)24(18-13-19(30-2)15-20(14-18)31-3)27-23(29)16-32-22-10-6-8-17-7-4-5-9-21(17)22/h4-15,24H,16H2,1-3H3,(H,27,29). The van der Waals surface area contributed by atoms with Crippen LogP contribution in [0, 0.1) is 0 Å². The second kappa shape index (κ2) is 9.43. The molecule has 1 unspecified atom stereocenters. The third-order valence-corrected chi connectivity index (χ3v) is 5.24. The Bertz CT molecular complexity index is 1210. The summed E-state index contributed by atoms with van der Waals surface area (Å²) in [6.45, 7) is -0.129. The van der Waals surface area contributed by atoms with Gasteiger partial charge in [0.2, 0.25) is 0 Å². The minimum atomic E-state index is -0.511. The van der Waals surface area contributed by atoms with E-state index < -0.39 is 6.04 Å². The molecule has 0 fully saturated rings. The van der Waals surface area contributed by atoms with E-state index in [1.807, 2.05) is 72.4 Å². The highest BCUT2D eigenvalue weighted by Gasteiger charge is 2.22. The van der Waals surface area contributed by atoms with Crippen molar-refractivity contribution in [1.29, 1.82) is 0 Å². The molecule has 0 saturated carbocycles. The SMILES string of the molecule is COc1cc(OC)cc(C(NC(=O)COc2cccc3ccccc23)c2nccn2C)c1. The summed E-state index contributed by atoms with van der Waals surface area (Å²) in [6.07, 6.45) is 3.52. The molecule has 7 heteroatoms. The molecule has 0 aliphatic heterocycles. The topological polar surface area (TPSA) is 74.6 Å². The maximum atomic E-state index is 12.9. The summed E-state index contributed by atoms with van der Waals surface area (Å²) in [4.78, 5) is 17.4. The van der Waals surface area contributed by atoms with Crippen molar-refractivity contribution >= 4 is 16.7 Å². The molecule has 32 heavy (non-hydrogen) atoms. The fourth-order valence-electron chi connectivity index (χ4n) is 3.62. The number of carbonyl (C=O) groups excluding carboxylic acids is 1. The molecule has 1 N–H and O–H groups in total. The van der Waals surface area contributed by atoms with Crippen LogP contribution in [0.2, 0.25) is 0 Å². The van der Waals surface area contributed by atoms with Gasteiger partial charge in [-0.05, 0) is 29.1 Å². The summed E-state index contributed by atoms with van der Waals surface area (Å²) in [5.74, 6) is 2.32. The number of carbonyl (C=O) groups is 1. The monoisotopic (exact) mass is 431 g/mol. The van der Waals surface area contributed by atoms with Gasteiger partial charge in [0.05, 0.1) is 14.2 Å². The molecule has 0 bridgehead atoms. The average Bonchev–Trinajstić information content (AvgIpc) is 3.26. The van der Waals surface area contributed by atoms with Crippen LogP contribution in [0.25, 0.3) is 10.8 Å². The van der Waals surface area contributed by atoms with Gasteiger partial charge < -0.3 is 24.1 Å². The number of ether oxygens (including phenoxy) is 3. The van der Waals surface area contributed by atoms with Gasteiger partial charge in [-0.1, -0.05) is 36.4 Å². The van der Waals surface area contributed by atoms with Crippen LogP contribution in [-0.4, -0.2) is 36.3 Å². The first-order valence-corrected chi connectivity index (χ1v) is 10.2. The van der Waals surface area contributed by atoms with Crippen LogP contribution < -0.4 is 19.5 Å². The molecule has 7 nitrogen and oxygen atoms in total. The van der Waals surface area contributed by atoms with E-state index in [2.05, 4.69) is 10.3 Å². The van der Waals surface area contributed by atoms with Crippen molar-refractivity contribution in [2.24, 2.45) is 7.05 Å². The van der Waals surface area contributed by atoms with Crippen molar-refractivity contribution < 1.29 is 19.0 Å². The van der Waals surface area contributed by atoms with E-state index >= 15 is 0 Å². The fraction of sp³-hybridized carbons (Fsp3) is 0.200. The van der Waals surface area contributed by atoms with E-state index in [1.54, 1.807) is 26.5 Å². The first kappa shape index (κ1) is 21.2. The van der Waals surface area contributed by atoms with Crippen LogP contribution in [-0.2, 0) is 11.8 Å². The lowest BCUT2D eigenvalue weighted by Crippen LogP contribution is -2.34. The molecule has 4 aromatic rings. The van der Waals surface area contributed by atoms with Crippen molar-refractivity contribution in [3.05, 3.63) is 84.4 Å². The number of rotatable bonds is 8. The van der Waals surface area contributed by atoms with Crippen LogP contribution in [0.5, 0.6) is 17.2 Å². The third kappa shape index (κ3) is 4.51. The summed E-state index contributed by atoms with van der Waals surface area (Å²) < 4.78 is 18.5. The maximum absolute atomic E-state index is 12.9. The molecular weight excluding hydrogens is 406 g/mol. The van der Waals surface area contributed by atoms with Crippen LogP contribution in [0.15, 0.2) is 73.1 Å². The zero-order valence-electron chi connectivity index (χ0n) is 18.2. The molecule has 0 aliphatic carbocycles. The Hall–Kier alpha value is -4.00. The van der Waals surface area contributed by atoms with Gasteiger partial charge in [-0.25, -0.2) is 4.98 Å². The van der Waals surface area contributed by atoms with Crippen molar-refractivity contribution in [3.63, 3.8) is 0 Å². The van der Waals surface area contributed by atoms with Gasteiger partial charge in [-0.2, -0.15) is 0 Å². The van der Waals surface area contributed by atoms with Gasteiger partial charge >= 0.3 is 0 Å². The van der Waals surface area contributed by atoms with Gasteiger partial charge in [0, 0.05) is 30.9 Å². The predicted octanol–water partition coefficient (Wildman–Crippen LogP) is 3.88. The van der Waals surface area contributed by atoms with Gasteiger partial charge in [0.25, 0.3) is 5.91 Å². The predicted molar refractivity (Wildman–Crippen MR) is 122 cm³/mol. The molecule has 1 aromatic heterocycles. The second-order valence-corrected chi connectivity index (χ2v) is 7.31. The second-order valence-electron chi connectivity index (χ2n) is 7.31. The van der Waals surface area contributed by atoms with Crippen molar-refractivity contribution in [3.8, 4) is 17.2 Å². The Morgan fingerprint density at radius 3 is 2.44 bits per heavy atom. The zero-order chi connectivity index (χ0) is 22.5. The molecule has 0 saturated heterocycles. The molecule has 4 rings (SSSR count). The molecule has 1 atom stereocenters. The summed E-state index contributed by atoms with van der Waals surface area (Å²) >= 11 is 0. The quantitative estimate of drug-likeness (QED) is 0.458. The molecule has 1 amide bonds. The summed E-state index contributed by atoms with van der Waals surface area (Å²) in [5, 5.41) is 5.05. The van der Waals surface area contributed by atoms with E-state index in [0.29, 0.717) is 23.1 Å². The largest absolute Gasteiger partial charge is 0.497 e. The third-order valence-electron chi connectivity index (χ3n) is 5.24. The van der Waals surface area contributed by atoms with Gasteiger partial charge in [-0.15, -0.1) is 0 Å². The Kier molecular flexibility index (Phi) is 6.26. The van der Waals surface area contributed by atoms with E-state index in [9.17, 15) is 4.79 Å². The molecule has 3 aromatic carbocycles. The van der Waals surface area contributed by atoms with Crippen molar-refractivity contribution in [2.45, 2.75) is 6.04 Å². The maximum Gasteiger partial charge on any atom is 0.258 e. The number of fused-ring (bicyclic) bond motifs is 1. The summed E-state index contributed by atoms with van der Waals surface area (Å²) in [7, 11) is 5.06. The van der Waals surface area contributed by atoms with Crippen LogP contribution in [0.3, 0.4) is 0 Å². The number of hydrogen-bond donors (Lipinski definition) is 1. The van der Waals surface area contributed by atoms with Crippen LogP contribution in [0.4, 0.5) is 0 Å². The zero-order valence-corrected chi connectivity index (χ0v) is 18.2. The number of amides is 1. The molecule has 1 heterocycles. The molecule has 0 spiro atoms. The van der Waals surface area contributed by atoms with Crippen LogP contribution >= 0.6 is 0 Å². The number of aryl methyl sites for hydroxylation is 1. The highest BCUT2D eigenvalue weighted by Crippen LogP contribution is 2.30. The molecule has 0 radical (unpaired) electrons. The van der Waals surface area contributed by atoms with Crippen molar-refractivity contribution in [1.82, 2.24) is 14.9 Å². The summed E-state index contributed by atoms with van der Waals surface area (Å²) in [5.41, 5.74) is 0.786. The molecular formula is C25H25N3O4. The molecule has 0 aliphatic rings. The highest BCUT2D eigenvalue weighted by molar-refractivity contribution is 5.88. The number of benzene rings is 3. The molecule has 164 valence electrons. The first-order chi connectivity index (χ1) is 15.6. The van der Waals surface area contributed by atoms with Gasteiger partial charge in [-0.3, -0.25) is 4.79 Å².